The minimum absolute atomic E-state index is 0.0328. The van der Waals surface area contributed by atoms with E-state index in [2.05, 4.69) is 5.32 Å². The molecular formula is C14H17NO2. The number of amides is 1. The Balaban J connectivity index is 1.87. The molecule has 1 unspecified atom stereocenters. The minimum Gasteiger partial charge on any atom is -0.497 e. The van der Waals surface area contributed by atoms with Crippen LogP contribution in [0.1, 0.15) is 37.2 Å². The molecule has 0 bridgehead atoms. The van der Waals surface area contributed by atoms with Crippen molar-refractivity contribution in [1.82, 2.24) is 0 Å². The fourth-order valence-corrected chi connectivity index (χ4v) is 2.73. The summed E-state index contributed by atoms with van der Waals surface area (Å²) in [5.74, 6) is 1.76. The summed E-state index contributed by atoms with van der Waals surface area (Å²) in [4.78, 5) is 12.0. The van der Waals surface area contributed by atoms with Crippen LogP contribution >= 0.6 is 0 Å². The predicted molar refractivity (Wildman–Crippen MR) is 66.3 cm³/mol. The second-order valence-electron chi connectivity index (χ2n) is 5.03. The first-order valence-electron chi connectivity index (χ1n) is 6.26. The lowest BCUT2D eigenvalue weighted by Crippen LogP contribution is -2.19. The number of carbonyl (C=O) groups excluding carboxylic acids is 1. The monoisotopic (exact) mass is 231 g/mol. The molecule has 3 heteroatoms. The molecule has 1 amide bonds. The van der Waals surface area contributed by atoms with Gasteiger partial charge in [0.05, 0.1) is 13.0 Å². The van der Waals surface area contributed by atoms with Gasteiger partial charge < -0.3 is 10.1 Å². The van der Waals surface area contributed by atoms with Gasteiger partial charge in [-0.3, -0.25) is 4.79 Å². The Morgan fingerprint density at radius 1 is 1.41 bits per heavy atom. The van der Waals surface area contributed by atoms with Crippen LogP contribution in [0.2, 0.25) is 0 Å². The van der Waals surface area contributed by atoms with Crippen molar-refractivity contribution in [2.24, 2.45) is 5.92 Å². The minimum atomic E-state index is 0.0328. The quantitative estimate of drug-likeness (QED) is 0.868. The van der Waals surface area contributed by atoms with E-state index in [1.807, 2.05) is 18.2 Å². The summed E-state index contributed by atoms with van der Waals surface area (Å²) in [7, 11) is 1.66. The van der Waals surface area contributed by atoms with E-state index in [4.69, 9.17) is 4.74 Å². The zero-order valence-corrected chi connectivity index (χ0v) is 10.0. The smallest absolute Gasteiger partial charge is 0.232 e. The third-order valence-corrected chi connectivity index (χ3v) is 4.00. The molecule has 90 valence electrons. The molecule has 1 aliphatic heterocycles. The Bertz CT molecular complexity index is 452. The highest BCUT2D eigenvalue weighted by Crippen LogP contribution is 2.42. The average molecular weight is 231 g/mol. The van der Waals surface area contributed by atoms with Gasteiger partial charge in [0.2, 0.25) is 5.91 Å². The standard InChI is InChI=1S/C14H17NO2/c1-17-10-5-6-13-11(8-10)12(14(16)15-13)7-9-3-2-4-9/h5-6,8-9,12H,2-4,7H2,1H3,(H,15,16). The lowest BCUT2D eigenvalue weighted by atomic mass is 9.77. The lowest BCUT2D eigenvalue weighted by molar-refractivity contribution is -0.117. The van der Waals surface area contributed by atoms with Gasteiger partial charge in [0.15, 0.2) is 0 Å². The highest BCUT2D eigenvalue weighted by Gasteiger charge is 2.34. The Hall–Kier alpha value is -1.51. The second kappa shape index (κ2) is 4.06. The van der Waals surface area contributed by atoms with Crippen LogP contribution in [0.4, 0.5) is 5.69 Å². The van der Waals surface area contributed by atoms with Crippen molar-refractivity contribution in [1.29, 1.82) is 0 Å². The summed E-state index contributed by atoms with van der Waals surface area (Å²) in [5, 5.41) is 2.96. The van der Waals surface area contributed by atoms with E-state index in [0.717, 1.165) is 29.3 Å². The van der Waals surface area contributed by atoms with Gasteiger partial charge in [-0.1, -0.05) is 19.3 Å². The van der Waals surface area contributed by atoms with E-state index in [1.54, 1.807) is 7.11 Å². The number of carbonyl (C=O) groups is 1. The molecule has 3 rings (SSSR count). The summed E-state index contributed by atoms with van der Waals surface area (Å²) in [6.07, 6.45) is 4.88. The first-order chi connectivity index (χ1) is 8.28. The van der Waals surface area contributed by atoms with Gasteiger partial charge >= 0.3 is 0 Å². The van der Waals surface area contributed by atoms with E-state index in [0.29, 0.717) is 0 Å². The molecule has 3 nitrogen and oxygen atoms in total. The summed E-state index contributed by atoms with van der Waals surface area (Å²) >= 11 is 0. The predicted octanol–water partition coefficient (Wildman–Crippen LogP) is 2.92. The number of methoxy groups -OCH3 is 1. The van der Waals surface area contributed by atoms with E-state index < -0.39 is 0 Å². The Morgan fingerprint density at radius 3 is 2.88 bits per heavy atom. The maximum Gasteiger partial charge on any atom is 0.232 e. The molecule has 1 fully saturated rings. The molecule has 1 aliphatic carbocycles. The average Bonchev–Trinajstić information content (AvgIpc) is 2.58. The Labute approximate surface area is 101 Å². The van der Waals surface area contributed by atoms with Crippen LogP contribution in [0.25, 0.3) is 0 Å². The normalized spacial score (nSPS) is 22.9. The number of nitrogens with one attached hydrogen (secondary N) is 1. The molecule has 0 radical (unpaired) electrons. The fraction of sp³-hybridized carbons (Fsp3) is 0.500. The molecule has 1 atom stereocenters. The van der Waals surface area contributed by atoms with E-state index in [-0.39, 0.29) is 11.8 Å². The van der Waals surface area contributed by atoms with Gasteiger partial charge in [0, 0.05) is 5.69 Å². The van der Waals surface area contributed by atoms with E-state index >= 15 is 0 Å². The SMILES string of the molecule is COc1ccc2c(c1)C(CC1CCC1)C(=O)N2. The summed E-state index contributed by atoms with van der Waals surface area (Å²) in [6, 6.07) is 5.83. The number of hydrogen-bond acceptors (Lipinski definition) is 2. The first-order valence-corrected chi connectivity index (χ1v) is 6.26. The van der Waals surface area contributed by atoms with Gasteiger partial charge in [-0.2, -0.15) is 0 Å². The van der Waals surface area contributed by atoms with Crippen molar-refractivity contribution in [3.05, 3.63) is 23.8 Å². The van der Waals surface area contributed by atoms with Crippen molar-refractivity contribution in [3.63, 3.8) is 0 Å². The molecule has 0 aromatic heterocycles. The van der Waals surface area contributed by atoms with Gasteiger partial charge in [-0.25, -0.2) is 0 Å². The summed E-state index contributed by atoms with van der Waals surface area (Å²) < 4.78 is 5.23. The summed E-state index contributed by atoms with van der Waals surface area (Å²) in [6.45, 7) is 0. The molecular weight excluding hydrogens is 214 g/mol. The third-order valence-electron chi connectivity index (χ3n) is 4.00. The first kappa shape index (κ1) is 10.6. The second-order valence-corrected chi connectivity index (χ2v) is 5.03. The third kappa shape index (κ3) is 1.79. The van der Waals surface area contributed by atoms with E-state index in [9.17, 15) is 4.79 Å². The molecule has 1 heterocycles. The van der Waals surface area contributed by atoms with E-state index in [1.165, 1.54) is 19.3 Å². The number of rotatable bonds is 3. The molecule has 1 N–H and O–H groups in total. The van der Waals surface area contributed by atoms with Crippen molar-refractivity contribution in [2.75, 3.05) is 12.4 Å². The highest BCUT2D eigenvalue weighted by molar-refractivity contribution is 6.03. The van der Waals surface area contributed by atoms with Crippen LogP contribution in [0.15, 0.2) is 18.2 Å². The highest BCUT2D eigenvalue weighted by atomic mass is 16.5. The van der Waals surface area contributed by atoms with Crippen molar-refractivity contribution in [2.45, 2.75) is 31.6 Å². The maximum atomic E-state index is 12.0. The number of hydrogen-bond donors (Lipinski definition) is 1. The number of ether oxygens (including phenoxy) is 1. The zero-order valence-electron chi connectivity index (χ0n) is 10.0. The molecule has 1 saturated carbocycles. The molecule has 17 heavy (non-hydrogen) atoms. The van der Waals surface area contributed by atoms with Gasteiger partial charge in [0.1, 0.15) is 5.75 Å². The van der Waals surface area contributed by atoms with Crippen molar-refractivity contribution < 1.29 is 9.53 Å². The maximum absolute atomic E-state index is 12.0. The molecule has 1 aromatic rings. The molecule has 2 aliphatic rings. The number of anilines is 1. The number of benzene rings is 1. The van der Waals surface area contributed by atoms with Crippen molar-refractivity contribution in [3.8, 4) is 5.75 Å². The molecule has 0 spiro atoms. The Kier molecular flexibility index (Phi) is 2.54. The zero-order chi connectivity index (χ0) is 11.8. The molecule has 1 aromatic carbocycles. The van der Waals surface area contributed by atoms with Crippen LogP contribution in [0.3, 0.4) is 0 Å². The van der Waals surface area contributed by atoms with Gasteiger partial charge in [0.25, 0.3) is 0 Å². The van der Waals surface area contributed by atoms with Crippen molar-refractivity contribution >= 4 is 11.6 Å². The van der Waals surface area contributed by atoms with Crippen LogP contribution in [-0.4, -0.2) is 13.0 Å². The van der Waals surface area contributed by atoms with Crippen LogP contribution in [0.5, 0.6) is 5.75 Å². The van der Waals surface area contributed by atoms with Gasteiger partial charge in [-0.05, 0) is 36.1 Å². The Morgan fingerprint density at radius 2 is 2.24 bits per heavy atom. The van der Waals surface area contributed by atoms with Crippen LogP contribution in [0, 0.1) is 5.92 Å². The topological polar surface area (TPSA) is 38.3 Å². The van der Waals surface area contributed by atoms with Crippen LogP contribution in [-0.2, 0) is 4.79 Å². The number of fused-ring (bicyclic) bond motifs is 1. The fourth-order valence-electron chi connectivity index (χ4n) is 2.73. The summed E-state index contributed by atoms with van der Waals surface area (Å²) in [5.41, 5.74) is 2.07. The lowest BCUT2D eigenvalue weighted by Gasteiger charge is -2.27. The van der Waals surface area contributed by atoms with Gasteiger partial charge in [-0.15, -0.1) is 0 Å². The van der Waals surface area contributed by atoms with Crippen LogP contribution < -0.4 is 10.1 Å². The largest absolute Gasteiger partial charge is 0.497 e. The molecule has 0 saturated heterocycles.